The Morgan fingerprint density at radius 3 is 1.21 bits per heavy atom. The number of halogens is 2. The van der Waals surface area contributed by atoms with Gasteiger partial charge in [0.2, 0.25) is 0 Å². The molecular weight excluding hydrogens is 310 g/mol. The predicted octanol–water partition coefficient (Wildman–Crippen LogP) is 4.43. The van der Waals surface area contributed by atoms with Crippen LogP contribution in [-0.4, -0.2) is 11.6 Å². The van der Waals surface area contributed by atoms with E-state index < -0.39 is 11.6 Å². The van der Waals surface area contributed by atoms with Gasteiger partial charge in [-0.3, -0.25) is 9.59 Å². The van der Waals surface area contributed by atoms with Gasteiger partial charge in [-0.25, -0.2) is 8.78 Å². The first kappa shape index (κ1) is 15.7. The van der Waals surface area contributed by atoms with E-state index in [2.05, 4.69) is 0 Å². The predicted molar refractivity (Wildman–Crippen MR) is 86.1 cm³/mol. The van der Waals surface area contributed by atoms with Gasteiger partial charge in [0, 0.05) is 22.3 Å². The van der Waals surface area contributed by atoms with Crippen molar-refractivity contribution in [3.63, 3.8) is 0 Å². The Bertz CT molecular complexity index is 821. The lowest BCUT2D eigenvalue weighted by Crippen LogP contribution is -2.11. The molecule has 118 valence electrons. The summed E-state index contributed by atoms with van der Waals surface area (Å²) in [5, 5.41) is 0. The van der Waals surface area contributed by atoms with Crippen LogP contribution in [0.25, 0.3) is 0 Å². The zero-order valence-electron chi connectivity index (χ0n) is 12.5. The summed E-state index contributed by atoms with van der Waals surface area (Å²) < 4.78 is 26.0. The molecule has 0 aliphatic rings. The highest BCUT2D eigenvalue weighted by Crippen LogP contribution is 2.19. The standard InChI is InChI=1S/C20H12F2O2/c21-15-9-5-13(6-10-15)19(23)17-3-1-2-4-18(17)20(24)14-7-11-16(22)12-8-14/h1-12H. The Hall–Kier alpha value is -3.14. The Morgan fingerprint density at radius 2 is 0.875 bits per heavy atom. The summed E-state index contributed by atoms with van der Waals surface area (Å²) in [6.45, 7) is 0. The lowest BCUT2D eigenvalue weighted by molar-refractivity contribution is 0.100. The quantitative estimate of drug-likeness (QED) is 0.666. The molecule has 24 heavy (non-hydrogen) atoms. The molecule has 3 aromatic carbocycles. The number of carbonyl (C=O) groups is 2. The van der Waals surface area contributed by atoms with Crippen LogP contribution >= 0.6 is 0 Å². The van der Waals surface area contributed by atoms with Crippen LogP contribution in [0.4, 0.5) is 8.78 Å². The number of hydrogen-bond donors (Lipinski definition) is 0. The van der Waals surface area contributed by atoms with E-state index in [0.717, 1.165) is 0 Å². The highest BCUT2D eigenvalue weighted by molar-refractivity contribution is 6.19. The molecule has 0 fully saturated rings. The Morgan fingerprint density at radius 1 is 0.542 bits per heavy atom. The first-order valence-electron chi connectivity index (χ1n) is 7.26. The Kier molecular flexibility index (Phi) is 4.29. The highest BCUT2D eigenvalue weighted by Gasteiger charge is 2.19. The average Bonchev–Trinajstić information content (AvgIpc) is 2.62. The summed E-state index contributed by atoms with van der Waals surface area (Å²) in [5.41, 5.74) is 1.02. The molecule has 0 aliphatic heterocycles. The zero-order valence-corrected chi connectivity index (χ0v) is 12.5. The van der Waals surface area contributed by atoms with E-state index in [1.54, 1.807) is 24.3 Å². The fraction of sp³-hybridized carbons (Fsp3) is 0. The minimum Gasteiger partial charge on any atom is -0.289 e. The molecule has 0 aliphatic carbocycles. The number of benzene rings is 3. The van der Waals surface area contributed by atoms with Crippen LogP contribution in [0.2, 0.25) is 0 Å². The van der Waals surface area contributed by atoms with E-state index in [4.69, 9.17) is 0 Å². The third-order valence-electron chi connectivity index (χ3n) is 3.63. The maximum atomic E-state index is 13.0. The third kappa shape index (κ3) is 3.13. The van der Waals surface area contributed by atoms with Crippen molar-refractivity contribution in [2.75, 3.05) is 0 Å². The van der Waals surface area contributed by atoms with Gasteiger partial charge in [-0.15, -0.1) is 0 Å². The van der Waals surface area contributed by atoms with Gasteiger partial charge in [-0.2, -0.15) is 0 Å². The van der Waals surface area contributed by atoms with E-state index >= 15 is 0 Å². The first-order valence-corrected chi connectivity index (χ1v) is 7.26. The first-order chi connectivity index (χ1) is 11.6. The van der Waals surface area contributed by atoms with Gasteiger partial charge < -0.3 is 0 Å². The molecule has 0 bridgehead atoms. The number of hydrogen-bond acceptors (Lipinski definition) is 2. The van der Waals surface area contributed by atoms with Crippen molar-refractivity contribution in [1.29, 1.82) is 0 Å². The SMILES string of the molecule is O=C(c1ccc(F)cc1)c1ccccc1C(=O)c1ccc(F)cc1. The second kappa shape index (κ2) is 6.54. The number of rotatable bonds is 4. The van der Waals surface area contributed by atoms with Gasteiger partial charge in [0.05, 0.1) is 0 Å². The monoisotopic (exact) mass is 322 g/mol. The van der Waals surface area contributed by atoms with E-state index in [9.17, 15) is 18.4 Å². The summed E-state index contributed by atoms with van der Waals surface area (Å²) >= 11 is 0. The molecule has 2 nitrogen and oxygen atoms in total. The Labute approximate surface area is 137 Å². The van der Waals surface area contributed by atoms with Gasteiger partial charge in [0.1, 0.15) is 11.6 Å². The minimum atomic E-state index is -0.442. The van der Waals surface area contributed by atoms with E-state index in [0.29, 0.717) is 0 Å². The van der Waals surface area contributed by atoms with Crippen LogP contribution < -0.4 is 0 Å². The van der Waals surface area contributed by atoms with Crippen molar-refractivity contribution >= 4 is 11.6 Å². The largest absolute Gasteiger partial charge is 0.289 e. The smallest absolute Gasteiger partial charge is 0.193 e. The van der Waals surface area contributed by atoms with Gasteiger partial charge in [0.25, 0.3) is 0 Å². The van der Waals surface area contributed by atoms with Gasteiger partial charge in [-0.05, 0) is 48.5 Å². The van der Waals surface area contributed by atoms with Crippen LogP contribution in [0, 0.1) is 11.6 Å². The van der Waals surface area contributed by atoms with Crippen molar-refractivity contribution in [2.45, 2.75) is 0 Å². The molecule has 0 heterocycles. The van der Waals surface area contributed by atoms with Gasteiger partial charge in [-0.1, -0.05) is 24.3 Å². The fourth-order valence-corrected chi connectivity index (χ4v) is 2.39. The van der Waals surface area contributed by atoms with Crippen molar-refractivity contribution < 1.29 is 18.4 Å². The van der Waals surface area contributed by atoms with Gasteiger partial charge in [0.15, 0.2) is 11.6 Å². The van der Waals surface area contributed by atoms with E-state index in [1.807, 2.05) is 0 Å². The van der Waals surface area contributed by atoms with Crippen LogP contribution in [0.5, 0.6) is 0 Å². The number of ketones is 2. The van der Waals surface area contributed by atoms with E-state index in [-0.39, 0.29) is 33.8 Å². The van der Waals surface area contributed by atoms with Crippen LogP contribution in [0.15, 0.2) is 72.8 Å². The van der Waals surface area contributed by atoms with E-state index in [1.165, 1.54) is 48.5 Å². The number of carbonyl (C=O) groups excluding carboxylic acids is 2. The topological polar surface area (TPSA) is 34.1 Å². The molecule has 0 N–H and O–H groups in total. The third-order valence-corrected chi connectivity index (χ3v) is 3.63. The maximum absolute atomic E-state index is 13.0. The van der Waals surface area contributed by atoms with Crippen molar-refractivity contribution in [2.24, 2.45) is 0 Å². The van der Waals surface area contributed by atoms with Crippen molar-refractivity contribution in [3.05, 3.63) is 107 Å². The summed E-state index contributed by atoms with van der Waals surface area (Å²) in [6.07, 6.45) is 0. The molecule has 0 unspecified atom stereocenters. The summed E-state index contributed by atoms with van der Waals surface area (Å²) in [7, 11) is 0. The van der Waals surface area contributed by atoms with Crippen LogP contribution in [-0.2, 0) is 0 Å². The fourth-order valence-electron chi connectivity index (χ4n) is 2.39. The molecule has 4 heteroatoms. The summed E-state index contributed by atoms with van der Waals surface area (Å²) in [5.74, 6) is -1.63. The van der Waals surface area contributed by atoms with Crippen molar-refractivity contribution in [1.82, 2.24) is 0 Å². The molecule has 0 amide bonds. The normalized spacial score (nSPS) is 10.4. The molecule has 3 aromatic rings. The van der Waals surface area contributed by atoms with Crippen LogP contribution in [0.3, 0.4) is 0 Å². The molecular formula is C20H12F2O2. The lowest BCUT2D eigenvalue weighted by atomic mass is 9.93. The highest BCUT2D eigenvalue weighted by atomic mass is 19.1. The summed E-state index contributed by atoms with van der Waals surface area (Å²) in [4.78, 5) is 25.3. The summed E-state index contributed by atoms with van der Waals surface area (Å²) in [6, 6.07) is 16.6. The average molecular weight is 322 g/mol. The lowest BCUT2D eigenvalue weighted by Gasteiger charge is -2.08. The second-order valence-electron chi connectivity index (χ2n) is 5.22. The Balaban J connectivity index is 2.01. The molecule has 0 aromatic heterocycles. The molecule has 0 spiro atoms. The zero-order chi connectivity index (χ0) is 17.1. The maximum Gasteiger partial charge on any atom is 0.193 e. The van der Waals surface area contributed by atoms with Crippen molar-refractivity contribution in [3.8, 4) is 0 Å². The molecule has 0 saturated carbocycles. The van der Waals surface area contributed by atoms with Gasteiger partial charge >= 0.3 is 0 Å². The minimum absolute atomic E-state index is 0.221. The molecule has 0 atom stereocenters. The molecule has 3 rings (SSSR count). The second-order valence-corrected chi connectivity index (χ2v) is 5.22. The van der Waals surface area contributed by atoms with Crippen LogP contribution in [0.1, 0.15) is 31.8 Å². The molecule has 0 radical (unpaired) electrons. The molecule has 0 saturated heterocycles.